The van der Waals surface area contributed by atoms with Crippen LogP contribution in [0.4, 0.5) is 5.69 Å². The van der Waals surface area contributed by atoms with Crippen LogP contribution < -0.4 is 10.0 Å². The van der Waals surface area contributed by atoms with E-state index in [9.17, 15) is 13.2 Å². The average Bonchev–Trinajstić information content (AvgIpc) is 2.58. The molecule has 2 aromatic rings. The Morgan fingerprint density at radius 3 is 2.28 bits per heavy atom. The van der Waals surface area contributed by atoms with Gasteiger partial charge in [-0.15, -0.1) is 0 Å². The molecule has 0 heterocycles. The minimum atomic E-state index is -3.69. The van der Waals surface area contributed by atoms with Crippen molar-refractivity contribution in [1.82, 2.24) is 5.32 Å². The van der Waals surface area contributed by atoms with E-state index in [0.29, 0.717) is 17.8 Å². The van der Waals surface area contributed by atoms with Crippen molar-refractivity contribution in [3.05, 3.63) is 59.2 Å². The number of unbranched alkanes of at least 4 members (excludes halogenated alkanes) is 1. The molecule has 0 atom stereocenters. The molecule has 25 heavy (non-hydrogen) atoms. The summed E-state index contributed by atoms with van der Waals surface area (Å²) in [6.07, 6.45) is 1.92. The molecule has 0 fully saturated rings. The minimum absolute atomic E-state index is 0.121. The van der Waals surface area contributed by atoms with Crippen molar-refractivity contribution in [1.29, 1.82) is 0 Å². The first-order valence-corrected chi connectivity index (χ1v) is 9.80. The molecule has 0 aliphatic carbocycles. The number of amides is 1. The van der Waals surface area contributed by atoms with Crippen LogP contribution >= 0.6 is 0 Å². The average molecular weight is 360 g/mol. The zero-order valence-corrected chi connectivity index (χ0v) is 15.6. The van der Waals surface area contributed by atoms with E-state index >= 15 is 0 Å². The molecule has 0 unspecified atom stereocenters. The van der Waals surface area contributed by atoms with Gasteiger partial charge in [0.25, 0.3) is 15.9 Å². The summed E-state index contributed by atoms with van der Waals surface area (Å²) in [5.41, 5.74) is 3.08. The zero-order chi connectivity index (χ0) is 18.4. The summed E-state index contributed by atoms with van der Waals surface area (Å²) in [6, 6.07) is 11.3. The highest BCUT2D eigenvalue weighted by atomic mass is 32.2. The molecular formula is C19H24N2O3S. The van der Waals surface area contributed by atoms with E-state index < -0.39 is 10.0 Å². The Bertz CT molecular complexity index is 843. The quantitative estimate of drug-likeness (QED) is 0.740. The second kappa shape index (κ2) is 8.16. The van der Waals surface area contributed by atoms with Gasteiger partial charge in [-0.25, -0.2) is 8.42 Å². The van der Waals surface area contributed by atoms with Gasteiger partial charge in [0.05, 0.1) is 4.90 Å². The van der Waals surface area contributed by atoms with Gasteiger partial charge in [0.15, 0.2) is 0 Å². The molecule has 2 rings (SSSR count). The lowest BCUT2D eigenvalue weighted by atomic mass is 10.1. The van der Waals surface area contributed by atoms with Crippen LogP contribution in [0, 0.1) is 13.8 Å². The van der Waals surface area contributed by atoms with Gasteiger partial charge in [-0.05, 0) is 67.8 Å². The van der Waals surface area contributed by atoms with Crippen LogP contribution in [0.15, 0.2) is 47.4 Å². The normalized spacial score (nSPS) is 11.2. The number of hydrogen-bond acceptors (Lipinski definition) is 3. The molecular weight excluding hydrogens is 336 g/mol. The number of benzene rings is 2. The molecule has 6 heteroatoms. The Balaban J connectivity index is 2.11. The van der Waals surface area contributed by atoms with Crippen LogP contribution in [0.2, 0.25) is 0 Å². The lowest BCUT2D eigenvalue weighted by Crippen LogP contribution is -2.24. The Morgan fingerprint density at radius 2 is 1.68 bits per heavy atom. The summed E-state index contributed by atoms with van der Waals surface area (Å²) >= 11 is 0. The fourth-order valence-corrected chi connectivity index (χ4v) is 3.33. The van der Waals surface area contributed by atoms with Gasteiger partial charge in [-0.1, -0.05) is 19.4 Å². The maximum Gasteiger partial charge on any atom is 0.261 e. The van der Waals surface area contributed by atoms with Crippen molar-refractivity contribution in [2.45, 2.75) is 38.5 Å². The zero-order valence-electron chi connectivity index (χ0n) is 14.8. The molecule has 0 spiro atoms. The smallest absolute Gasteiger partial charge is 0.261 e. The molecule has 0 saturated carbocycles. The first-order chi connectivity index (χ1) is 11.8. The maximum absolute atomic E-state index is 12.5. The largest absolute Gasteiger partial charge is 0.352 e. The molecule has 2 aromatic carbocycles. The van der Waals surface area contributed by atoms with Gasteiger partial charge in [0.1, 0.15) is 0 Å². The fraction of sp³-hybridized carbons (Fsp3) is 0.316. The third-order valence-corrected chi connectivity index (χ3v) is 5.40. The second-order valence-electron chi connectivity index (χ2n) is 6.04. The first-order valence-electron chi connectivity index (χ1n) is 8.32. The Morgan fingerprint density at radius 1 is 1.00 bits per heavy atom. The lowest BCUT2D eigenvalue weighted by molar-refractivity contribution is 0.0953. The summed E-state index contributed by atoms with van der Waals surface area (Å²) in [6.45, 7) is 6.56. The number of sulfonamides is 1. The van der Waals surface area contributed by atoms with Gasteiger partial charge in [0, 0.05) is 17.8 Å². The second-order valence-corrected chi connectivity index (χ2v) is 7.72. The molecule has 0 saturated heterocycles. The summed E-state index contributed by atoms with van der Waals surface area (Å²) in [5, 5.41) is 2.81. The van der Waals surface area contributed by atoms with Gasteiger partial charge >= 0.3 is 0 Å². The molecule has 2 N–H and O–H groups in total. The topological polar surface area (TPSA) is 75.3 Å². The third-order valence-electron chi connectivity index (χ3n) is 4.00. The van der Waals surface area contributed by atoms with Gasteiger partial charge in [0.2, 0.25) is 0 Å². The summed E-state index contributed by atoms with van der Waals surface area (Å²) in [5.74, 6) is -0.195. The van der Waals surface area contributed by atoms with Crippen LogP contribution in [-0.2, 0) is 10.0 Å². The highest BCUT2D eigenvalue weighted by Crippen LogP contribution is 2.19. The van der Waals surface area contributed by atoms with Crippen molar-refractivity contribution in [3.63, 3.8) is 0 Å². The molecule has 0 aliphatic rings. The van der Waals surface area contributed by atoms with E-state index in [0.717, 1.165) is 24.0 Å². The molecule has 0 aliphatic heterocycles. The predicted molar refractivity (Wildman–Crippen MR) is 100 cm³/mol. The molecule has 5 nitrogen and oxygen atoms in total. The number of anilines is 1. The van der Waals surface area contributed by atoms with E-state index in [4.69, 9.17) is 0 Å². The lowest BCUT2D eigenvalue weighted by Gasteiger charge is -2.10. The van der Waals surface area contributed by atoms with Crippen LogP contribution in [0.25, 0.3) is 0 Å². The Labute approximate surface area is 149 Å². The van der Waals surface area contributed by atoms with Crippen LogP contribution in [0.5, 0.6) is 0 Å². The van der Waals surface area contributed by atoms with Crippen LogP contribution in [-0.4, -0.2) is 20.9 Å². The van der Waals surface area contributed by atoms with Crippen LogP contribution in [0.3, 0.4) is 0 Å². The van der Waals surface area contributed by atoms with E-state index in [1.807, 2.05) is 26.8 Å². The van der Waals surface area contributed by atoms with E-state index in [1.54, 1.807) is 12.1 Å². The highest BCUT2D eigenvalue weighted by molar-refractivity contribution is 7.92. The van der Waals surface area contributed by atoms with Crippen molar-refractivity contribution in [3.8, 4) is 0 Å². The Kier molecular flexibility index (Phi) is 6.20. The third kappa shape index (κ3) is 5.06. The fourth-order valence-electron chi connectivity index (χ4n) is 2.29. The Hall–Kier alpha value is -2.34. The van der Waals surface area contributed by atoms with Crippen molar-refractivity contribution in [2.24, 2.45) is 0 Å². The number of carbonyl (C=O) groups is 1. The molecule has 134 valence electrons. The number of hydrogen-bond donors (Lipinski definition) is 2. The van der Waals surface area contributed by atoms with Gasteiger partial charge in [-0.3, -0.25) is 9.52 Å². The number of nitrogens with one attached hydrogen (secondary N) is 2. The van der Waals surface area contributed by atoms with Crippen molar-refractivity contribution < 1.29 is 13.2 Å². The molecule has 0 bridgehead atoms. The molecule has 0 aromatic heterocycles. The van der Waals surface area contributed by atoms with Gasteiger partial charge in [-0.2, -0.15) is 0 Å². The monoisotopic (exact) mass is 360 g/mol. The van der Waals surface area contributed by atoms with Gasteiger partial charge < -0.3 is 5.32 Å². The number of rotatable bonds is 7. The van der Waals surface area contributed by atoms with E-state index in [1.165, 1.54) is 24.3 Å². The molecule has 1 amide bonds. The van der Waals surface area contributed by atoms with E-state index in [-0.39, 0.29) is 10.8 Å². The molecule has 0 radical (unpaired) electrons. The van der Waals surface area contributed by atoms with Crippen LogP contribution in [0.1, 0.15) is 41.3 Å². The minimum Gasteiger partial charge on any atom is -0.352 e. The van der Waals surface area contributed by atoms with E-state index in [2.05, 4.69) is 10.0 Å². The summed E-state index contributed by atoms with van der Waals surface area (Å²) < 4.78 is 27.5. The first kappa shape index (κ1) is 19.0. The SMILES string of the molecule is CCCCNC(=O)c1ccc(S(=O)(=O)Nc2ccc(C)c(C)c2)cc1. The maximum atomic E-state index is 12.5. The highest BCUT2D eigenvalue weighted by Gasteiger charge is 2.15. The summed E-state index contributed by atoms with van der Waals surface area (Å²) in [4.78, 5) is 12.1. The number of aryl methyl sites for hydroxylation is 2. The number of carbonyl (C=O) groups excluding carboxylic acids is 1. The standard InChI is InChI=1S/C19H24N2O3S/c1-4-5-12-20-19(22)16-7-10-18(11-8-16)25(23,24)21-17-9-6-14(2)15(3)13-17/h6-11,13,21H,4-5,12H2,1-3H3,(H,20,22). The predicted octanol–water partition coefficient (Wildman–Crippen LogP) is 3.63. The summed E-state index contributed by atoms with van der Waals surface area (Å²) in [7, 11) is -3.69. The van der Waals surface area contributed by atoms with Crippen molar-refractivity contribution >= 4 is 21.6 Å². The van der Waals surface area contributed by atoms with Crippen molar-refractivity contribution in [2.75, 3.05) is 11.3 Å².